The first-order chi connectivity index (χ1) is 13.3. The zero-order valence-corrected chi connectivity index (χ0v) is 16.7. The van der Waals surface area contributed by atoms with Gasteiger partial charge in [-0.3, -0.25) is 0 Å². The first-order valence-electron chi connectivity index (χ1n) is 8.42. The van der Waals surface area contributed by atoms with E-state index in [0.717, 1.165) is 5.06 Å². The van der Waals surface area contributed by atoms with Gasteiger partial charge in [-0.15, -0.1) is 0 Å². The molecule has 2 atom stereocenters. The van der Waals surface area contributed by atoms with Gasteiger partial charge < -0.3 is 14.2 Å². The monoisotopic (exact) mass is 421 g/mol. The fourth-order valence-corrected chi connectivity index (χ4v) is 3.90. The Morgan fingerprint density at radius 1 is 1.29 bits per heavy atom. The molecule has 3 rings (SSSR count). The minimum Gasteiger partial charge on any atom is -0.748 e. The molecular weight excluding hydrogens is 404 g/mol. The van der Waals surface area contributed by atoms with Crippen LogP contribution in [0.25, 0.3) is 10.9 Å². The Hall–Kier alpha value is -2.39. The quantitative estimate of drug-likeness (QED) is 0.461. The summed E-state index contributed by atoms with van der Waals surface area (Å²) in [6.07, 6.45) is 1.97. The molecule has 0 fully saturated rings. The summed E-state index contributed by atoms with van der Waals surface area (Å²) >= 11 is 3.25. The van der Waals surface area contributed by atoms with Gasteiger partial charge in [0.1, 0.15) is 11.4 Å². The van der Waals surface area contributed by atoms with E-state index in [2.05, 4.69) is 0 Å². The molecule has 3 aromatic rings. The van der Waals surface area contributed by atoms with E-state index in [-0.39, 0.29) is 6.42 Å². The van der Waals surface area contributed by atoms with Gasteiger partial charge in [0.25, 0.3) is 0 Å². The summed E-state index contributed by atoms with van der Waals surface area (Å²) in [6, 6.07) is 13.6. The average Bonchev–Trinajstić information content (AvgIpc) is 3.08. The van der Waals surface area contributed by atoms with Crippen LogP contribution in [-0.2, 0) is 26.0 Å². The predicted molar refractivity (Wildman–Crippen MR) is 107 cm³/mol. The van der Waals surface area contributed by atoms with Crippen molar-refractivity contribution in [1.29, 1.82) is 0 Å². The molecule has 28 heavy (non-hydrogen) atoms. The lowest BCUT2D eigenvalue weighted by atomic mass is 9.86. The summed E-state index contributed by atoms with van der Waals surface area (Å²) in [5, 5.41) is 12.5. The molecule has 1 aromatic heterocycles. The van der Waals surface area contributed by atoms with Crippen LogP contribution in [0.15, 0.2) is 54.7 Å². The summed E-state index contributed by atoms with van der Waals surface area (Å²) in [7, 11) is 1.46. The molecule has 0 spiro atoms. The van der Waals surface area contributed by atoms with Crippen LogP contribution in [0.5, 0.6) is 0 Å². The molecule has 9 heteroatoms. The number of aromatic nitrogens is 1. The van der Waals surface area contributed by atoms with Crippen LogP contribution in [-0.4, -0.2) is 31.5 Å². The molecule has 0 aliphatic rings. The van der Waals surface area contributed by atoms with Crippen molar-refractivity contribution in [2.45, 2.75) is 18.9 Å². The van der Waals surface area contributed by atoms with Crippen molar-refractivity contribution in [2.24, 2.45) is 0 Å². The standard InChI is InChI=1S/C19H19ClN2O5S/c1-3-19(18(23)24,13-7-9-14(20)10-8-13)22-12-11-15-16(5-4-6-17(15)22)21(2)27-28(25)26/h4-12H,3H2,1-2H3,(H,23,24)(H,25,26)/p-1. The van der Waals surface area contributed by atoms with Crippen LogP contribution in [0.4, 0.5) is 5.69 Å². The fraction of sp³-hybridized carbons (Fsp3) is 0.211. The van der Waals surface area contributed by atoms with Crippen molar-refractivity contribution in [3.8, 4) is 0 Å². The maximum absolute atomic E-state index is 12.5. The van der Waals surface area contributed by atoms with Gasteiger partial charge in [0.05, 0.1) is 11.2 Å². The molecule has 0 saturated heterocycles. The number of carbonyl (C=O) groups is 1. The lowest BCUT2D eigenvalue weighted by Gasteiger charge is -2.32. The smallest absolute Gasteiger partial charge is 0.334 e. The van der Waals surface area contributed by atoms with Crippen LogP contribution in [0.2, 0.25) is 5.02 Å². The Labute approximate surface area is 169 Å². The molecule has 0 aliphatic heterocycles. The number of halogens is 1. The number of rotatable bonds is 7. The van der Waals surface area contributed by atoms with Crippen LogP contribution < -0.4 is 5.06 Å². The highest BCUT2D eigenvalue weighted by Crippen LogP contribution is 2.37. The van der Waals surface area contributed by atoms with E-state index in [4.69, 9.17) is 15.9 Å². The Balaban J connectivity index is 2.24. The van der Waals surface area contributed by atoms with Crippen molar-refractivity contribution < 1.29 is 22.9 Å². The Morgan fingerprint density at radius 2 is 1.96 bits per heavy atom. The number of nitrogens with zero attached hydrogens (tertiary/aromatic N) is 2. The van der Waals surface area contributed by atoms with E-state index in [9.17, 15) is 18.7 Å². The normalized spacial score (nSPS) is 14.6. The minimum atomic E-state index is -2.73. The van der Waals surface area contributed by atoms with Gasteiger partial charge in [-0.25, -0.2) is 14.1 Å². The highest BCUT2D eigenvalue weighted by molar-refractivity contribution is 7.74. The van der Waals surface area contributed by atoms with Gasteiger partial charge in [-0.1, -0.05) is 36.7 Å². The van der Waals surface area contributed by atoms with E-state index in [1.165, 1.54) is 7.05 Å². The third-order valence-corrected chi connectivity index (χ3v) is 5.42. The van der Waals surface area contributed by atoms with Gasteiger partial charge in [0.15, 0.2) is 5.54 Å². The molecule has 0 aliphatic carbocycles. The number of hydroxylamine groups is 1. The highest BCUT2D eigenvalue weighted by atomic mass is 35.5. The second kappa shape index (κ2) is 7.92. The van der Waals surface area contributed by atoms with Crippen LogP contribution >= 0.6 is 11.6 Å². The number of carboxylic acids is 1. The number of anilines is 1. The highest BCUT2D eigenvalue weighted by Gasteiger charge is 2.41. The first kappa shape index (κ1) is 20.3. The van der Waals surface area contributed by atoms with Gasteiger partial charge in [-0.2, -0.15) is 4.28 Å². The Kier molecular flexibility index (Phi) is 5.76. The van der Waals surface area contributed by atoms with Crippen molar-refractivity contribution in [3.05, 3.63) is 65.3 Å². The number of aliphatic carboxylic acids is 1. The van der Waals surface area contributed by atoms with E-state index < -0.39 is 22.9 Å². The Bertz CT molecular complexity index is 1040. The van der Waals surface area contributed by atoms with Crippen molar-refractivity contribution in [2.75, 3.05) is 12.1 Å². The van der Waals surface area contributed by atoms with E-state index in [1.54, 1.807) is 66.2 Å². The molecule has 148 valence electrons. The molecule has 1 heterocycles. The summed E-state index contributed by atoms with van der Waals surface area (Å²) in [4.78, 5) is 12.5. The number of hydrogen-bond donors (Lipinski definition) is 1. The largest absolute Gasteiger partial charge is 0.748 e. The predicted octanol–water partition coefficient (Wildman–Crippen LogP) is 3.69. The molecule has 2 unspecified atom stereocenters. The fourth-order valence-electron chi connectivity index (χ4n) is 3.51. The van der Waals surface area contributed by atoms with Crippen LogP contribution in [0.3, 0.4) is 0 Å². The molecule has 0 saturated carbocycles. The van der Waals surface area contributed by atoms with E-state index in [0.29, 0.717) is 27.2 Å². The number of benzene rings is 2. The van der Waals surface area contributed by atoms with Gasteiger partial charge >= 0.3 is 5.97 Å². The summed E-state index contributed by atoms with van der Waals surface area (Å²) in [5.74, 6) is -1.01. The maximum Gasteiger partial charge on any atom is 0.334 e. The third kappa shape index (κ3) is 3.40. The zero-order chi connectivity index (χ0) is 20.5. The molecule has 1 N–H and O–H groups in total. The molecule has 2 aromatic carbocycles. The molecule has 0 bridgehead atoms. The number of carboxylic acid groups (broad SMARTS) is 1. The van der Waals surface area contributed by atoms with E-state index >= 15 is 0 Å². The lowest BCUT2D eigenvalue weighted by Crippen LogP contribution is -2.42. The Morgan fingerprint density at radius 3 is 2.54 bits per heavy atom. The lowest BCUT2D eigenvalue weighted by molar-refractivity contribution is -0.145. The first-order valence-corrected chi connectivity index (χ1v) is 9.80. The SMILES string of the molecule is CCC(C(=O)O)(c1ccc(Cl)cc1)n1ccc2c(N(C)OS(=O)[O-])cccc21. The number of hydrogen-bond acceptors (Lipinski definition) is 5. The average molecular weight is 422 g/mol. The van der Waals surface area contributed by atoms with Crippen molar-refractivity contribution in [3.63, 3.8) is 0 Å². The summed E-state index contributed by atoms with van der Waals surface area (Å²) < 4.78 is 28.1. The molecule has 7 nitrogen and oxygen atoms in total. The molecule has 0 amide bonds. The molecular formula is C19H18ClN2O5S-. The number of fused-ring (bicyclic) bond motifs is 1. The van der Waals surface area contributed by atoms with Crippen LogP contribution in [0, 0.1) is 0 Å². The second-order valence-electron chi connectivity index (χ2n) is 6.20. The minimum absolute atomic E-state index is 0.287. The van der Waals surface area contributed by atoms with Crippen LogP contribution in [0.1, 0.15) is 18.9 Å². The van der Waals surface area contributed by atoms with Crippen molar-refractivity contribution in [1.82, 2.24) is 4.57 Å². The van der Waals surface area contributed by atoms with E-state index in [1.807, 2.05) is 0 Å². The van der Waals surface area contributed by atoms with Gasteiger partial charge in [-0.05, 0) is 42.3 Å². The molecule has 0 radical (unpaired) electrons. The van der Waals surface area contributed by atoms with Gasteiger partial charge in [0, 0.05) is 23.7 Å². The van der Waals surface area contributed by atoms with Crippen molar-refractivity contribution >= 4 is 45.5 Å². The summed E-state index contributed by atoms with van der Waals surface area (Å²) in [6.45, 7) is 1.80. The maximum atomic E-state index is 12.5. The zero-order valence-electron chi connectivity index (χ0n) is 15.2. The second-order valence-corrected chi connectivity index (χ2v) is 7.19. The topological polar surface area (TPSA) is 94.8 Å². The summed E-state index contributed by atoms with van der Waals surface area (Å²) in [5.41, 5.74) is 0.349. The third-order valence-electron chi connectivity index (χ3n) is 4.82. The van der Waals surface area contributed by atoms with Gasteiger partial charge in [0.2, 0.25) is 0 Å².